The second-order valence-corrected chi connectivity index (χ2v) is 6.45. The third-order valence-corrected chi connectivity index (χ3v) is 4.61. The average molecular weight is 220 g/mol. The third-order valence-electron chi connectivity index (χ3n) is 2.93. The smallest absolute Gasteiger partial charge is 0.150 e. The molecule has 0 aromatic rings. The standard InChI is InChI=1S/C9H16O4S/c1-14(12,13)8-2-4-9(11,5-3-8)6-7-10/h7-8,11H,2-6H2,1H3/t8-,9+. The molecule has 0 unspecified atom stereocenters. The van der Waals surface area contributed by atoms with Crippen LogP contribution in [0.1, 0.15) is 32.1 Å². The molecule has 5 heteroatoms. The van der Waals surface area contributed by atoms with Gasteiger partial charge in [-0.15, -0.1) is 0 Å². The summed E-state index contributed by atoms with van der Waals surface area (Å²) >= 11 is 0. The predicted octanol–water partition coefficient (Wildman–Crippen LogP) is 0.294. The monoisotopic (exact) mass is 220 g/mol. The number of aliphatic hydroxyl groups is 1. The van der Waals surface area contributed by atoms with Crippen LogP contribution in [0.25, 0.3) is 0 Å². The van der Waals surface area contributed by atoms with E-state index < -0.39 is 15.4 Å². The van der Waals surface area contributed by atoms with Gasteiger partial charge in [-0.25, -0.2) is 8.42 Å². The van der Waals surface area contributed by atoms with Crippen molar-refractivity contribution in [3.8, 4) is 0 Å². The molecule has 4 nitrogen and oxygen atoms in total. The molecule has 0 atom stereocenters. The minimum Gasteiger partial charge on any atom is -0.389 e. The summed E-state index contributed by atoms with van der Waals surface area (Å²) in [5, 5.41) is 9.49. The number of sulfone groups is 1. The molecule has 1 fully saturated rings. The van der Waals surface area contributed by atoms with E-state index in [-0.39, 0.29) is 11.7 Å². The highest BCUT2D eigenvalue weighted by Gasteiger charge is 2.36. The summed E-state index contributed by atoms with van der Waals surface area (Å²) in [4.78, 5) is 10.3. The van der Waals surface area contributed by atoms with E-state index in [1.807, 2.05) is 0 Å². The summed E-state index contributed by atoms with van der Waals surface area (Å²) in [5.41, 5.74) is -0.955. The van der Waals surface area contributed by atoms with E-state index in [2.05, 4.69) is 0 Å². The Labute approximate surface area is 84.2 Å². The Morgan fingerprint density at radius 1 is 1.43 bits per heavy atom. The fraction of sp³-hybridized carbons (Fsp3) is 0.889. The van der Waals surface area contributed by atoms with Crippen molar-refractivity contribution in [3.05, 3.63) is 0 Å². The lowest BCUT2D eigenvalue weighted by Crippen LogP contribution is -2.38. The molecule has 1 N–H and O–H groups in total. The molecule has 0 spiro atoms. The largest absolute Gasteiger partial charge is 0.389 e. The zero-order valence-electron chi connectivity index (χ0n) is 8.27. The van der Waals surface area contributed by atoms with Crippen molar-refractivity contribution in [2.75, 3.05) is 6.26 Å². The Balaban J connectivity index is 2.58. The zero-order valence-corrected chi connectivity index (χ0v) is 9.09. The Hall–Kier alpha value is -0.420. The number of rotatable bonds is 3. The summed E-state index contributed by atoms with van der Waals surface area (Å²) in [7, 11) is -2.99. The van der Waals surface area contributed by atoms with Crippen molar-refractivity contribution in [3.63, 3.8) is 0 Å². The van der Waals surface area contributed by atoms with Crippen LogP contribution in [0, 0.1) is 0 Å². The van der Waals surface area contributed by atoms with Crippen LogP contribution in [0.5, 0.6) is 0 Å². The first-order valence-corrected chi connectivity index (χ1v) is 6.68. The lowest BCUT2D eigenvalue weighted by molar-refractivity contribution is -0.113. The number of hydrogen-bond donors (Lipinski definition) is 1. The predicted molar refractivity (Wildman–Crippen MR) is 52.7 cm³/mol. The summed E-state index contributed by atoms with van der Waals surface area (Å²) < 4.78 is 22.4. The normalized spacial score (nSPS) is 34.0. The summed E-state index contributed by atoms with van der Waals surface area (Å²) in [6.45, 7) is 0. The van der Waals surface area contributed by atoms with Gasteiger partial charge in [0.05, 0.1) is 10.9 Å². The number of hydrogen-bond acceptors (Lipinski definition) is 4. The van der Waals surface area contributed by atoms with Crippen LogP contribution in [0.2, 0.25) is 0 Å². The first kappa shape index (κ1) is 11.7. The van der Waals surface area contributed by atoms with Gasteiger partial charge in [0.15, 0.2) is 0 Å². The summed E-state index contributed by atoms with van der Waals surface area (Å²) in [6.07, 6.45) is 3.77. The van der Waals surface area contributed by atoms with Crippen LogP contribution in [-0.4, -0.2) is 36.9 Å². The van der Waals surface area contributed by atoms with E-state index in [0.717, 1.165) is 0 Å². The van der Waals surface area contributed by atoms with Crippen LogP contribution >= 0.6 is 0 Å². The van der Waals surface area contributed by atoms with Gasteiger partial charge in [0.1, 0.15) is 16.1 Å². The van der Waals surface area contributed by atoms with E-state index in [1.54, 1.807) is 0 Å². The highest BCUT2D eigenvalue weighted by Crippen LogP contribution is 2.33. The highest BCUT2D eigenvalue weighted by atomic mass is 32.2. The van der Waals surface area contributed by atoms with Gasteiger partial charge in [0.25, 0.3) is 0 Å². The zero-order chi connectivity index (χ0) is 10.8. The van der Waals surface area contributed by atoms with Crippen LogP contribution in [0.15, 0.2) is 0 Å². The molecule has 1 rings (SSSR count). The van der Waals surface area contributed by atoms with Gasteiger partial charge in [-0.2, -0.15) is 0 Å². The Kier molecular flexibility index (Phi) is 3.32. The maximum absolute atomic E-state index is 11.2. The molecule has 1 saturated carbocycles. The van der Waals surface area contributed by atoms with Crippen molar-refractivity contribution in [1.82, 2.24) is 0 Å². The second kappa shape index (κ2) is 3.98. The molecule has 0 aromatic carbocycles. The van der Waals surface area contributed by atoms with Gasteiger partial charge < -0.3 is 9.90 Å². The SMILES string of the molecule is CS(=O)(=O)[C@H]1CC[C@](O)(CC=O)CC1. The third kappa shape index (κ3) is 2.78. The molecule has 14 heavy (non-hydrogen) atoms. The van der Waals surface area contributed by atoms with E-state index in [9.17, 15) is 18.3 Å². The molecule has 1 aliphatic carbocycles. The maximum Gasteiger partial charge on any atom is 0.150 e. The lowest BCUT2D eigenvalue weighted by atomic mass is 9.83. The van der Waals surface area contributed by atoms with Crippen LogP contribution < -0.4 is 0 Å². The van der Waals surface area contributed by atoms with Crippen LogP contribution in [0.4, 0.5) is 0 Å². The quantitative estimate of drug-likeness (QED) is 0.694. The molecule has 0 bridgehead atoms. The molecule has 0 radical (unpaired) electrons. The fourth-order valence-electron chi connectivity index (χ4n) is 1.92. The molecule has 0 amide bonds. The first-order chi connectivity index (χ1) is 6.37. The molecule has 0 aromatic heterocycles. The average Bonchev–Trinajstić information content (AvgIpc) is 2.03. The lowest BCUT2D eigenvalue weighted by Gasteiger charge is -2.33. The molecule has 82 valence electrons. The summed E-state index contributed by atoms with van der Waals surface area (Å²) in [5.74, 6) is 0. The van der Waals surface area contributed by atoms with Gasteiger partial charge in [-0.3, -0.25) is 0 Å². The second-order valence-electron chi connectivity index (χ2n) is 4.12. The van der Waals surface area contributed by atoms with E-state index in [4.69, 9.17) is 0 Å². The van der Waals surface area contributed by atoms with E-state index in [1.165, 1.54) is 6.26 Å². The Morgan fingerprint density at radius 2 is 1.93 bits per heavy atom. The van der Waals surface area contributed by atoms with Gasteiger partial charge >= 0.3 is 0 Å². The summed E-state index contributed by atoms with van der Waals surface area (Å²) in [6, 6.07) is 0. The number of carbonyl (C=O) groups excluding carboxylic acids is 1. The topological polar surface area (TPSA) is 71.4 Å². The molecule has 0 aliphatic heterocycles. The van der Waals surface area contributed by atoms with Crippen molar-refractivity contribution >= 4 is 16.1 Å². The molecule has 0 saturated heterocycles. The van der Waals surface area contributed by atoms with Crippen molar-refractivity contribution in [2.45, 2.75) is 43.0 Å². The molecule has 0 heterocycles. The number of aldehydes is 1. The van der Waals surface area contributed by atoms with E-state index >= 15 is 0 Å². The van der Waals surface area contributed by atoms with Crippen molar-refractivity contribution < 1.29 is 18.3 Å². The minimum absolute atomic E-state index is 0.115. The van der Waals surface area contributed by atoms with Gasteiger partial charge in [0.2, 0.25) is 0 Å². The van der Waals surface area contributed by atoms with Crippen LogP contribution in [0.3, 0.4) is 0 Å². The Bertz CT molecular complexity index is 299. The minimum atomic E-state index is -2.99. The molecular weight excluding hydrogens is 204 g/mol. The molecular formula is C9H16O4S. The van der Waals surface area contributed by atoms with Gasteiger partial charge in [-0.05, 0) is 25.7 Å². The fourth-order valence-corrected chi connectivity index (χ4v) is 3.01. The highest BCUT2D eigenvalue weighted by molar-refractivity contribution is 7.91. The van der Waals surface area contributed by atoms with Crippen molar-refractivity contribution in [2.24, 2.45) is 0 Å². The van der Waals surface area contributed by atoms with E-state index in [0.29, 0.717) is 32.0 Å². The van der Waals surface area contributed by atoms with Crippen LogP contribution in [-0.2, 0) is 14.6 Å². The first-order valence-electron chi connectivity index (χ1n) is 4.72. The van der Waals surface area contributed by atoms with Gasteiger partial charge in [-0.1, -0.05) is 0 Å². The van der Waals surface area contributed by atoms with Crippen molar-refractivity contribution in [1.29, 1.82) is 0 Å². The maximum atomic E-state index is 11.2. The molecule has 1 aliphatic rings. The van der Waals surface area contributed by atoms with Gasteiger partial charge in [0, 0.05) is 12.7 Å². The Morgan fingerprint density at radius 3 is 2.29 bits per heavy atom. The number of carbonyl (C=O) groups is 1.